The van der Waals surface area contributed by atoms with Crippen LogP contribution in [0.15, 0.2) is 48.5 Å². The average molecular weight is 546 g/mol. The van der Waals surface area contributed by atoms with Crippen molar-refractivity contribution in [3.05, 3.63) is 59.9 Å². The van der Waals surface area contributed by atoms with Crippen LogP contribution >= 0.6 is 0 Å². The van der Waals surface area contributed by atoms with Crippen molar-refractivity contribution in [2.75, 3.05) is 62.6 Å². The molecule has 1 atom stereocenters. The van der Waals surface area contributed by atoms with Gasteiger partial charge in [-0.3, -0.25) is 4.79 Å². The van der Waals surface area contributed by atoms with Gasteiger partial charge in [0, 0.05) is 62.3 Å². The molecule has 1 unspecified atom stereocenters. The van der Waals surface area contributed by atoms with Gasteiger partial charge in [0.15, 0.2) is 5.82 Å². The molecule has 2 fully saturated rings. The molecule has 0 aliphatic carbocycles. The maximum Gasteiger partial charge on any atom is 0.323 e. The van der Waals surface area contributed by atoms with Crippen molar-refractivity contribution < 1.29 is 19.1 Å². The zero-order valence-electron chi connectivity index (χ0n) is 23.1. The van der Waals surface area contributed by atoms with E-state index < -0.39 is 0 Å². The molecule has 2 aliphatic rings. The Morgan fingerprint density at radius 1 is 0.875 bits per heavy atom. The number of hydrogen-bond acceptors (Lipinski definition) is 8. The molecule has 0 saturated carbocycles. The second-order valence-corrected chi connectivity index (χ2v) is 10.3. The zero-order chi connectivity index (χ0) is 28.1. The Hall–Kier alpha value is -4.09. The van der Waals surface area contributed by atoms with E-state index in [1.165, 1.54) is 4.90 Å². The van der Waals surface area contributed by atoms with E-state index in [2.05, 4.69) is 22.5 Å². The molecule has 11 nitrogen and oxygen atoms in total. The van der Waals surface area contributed by atoms with Crippen LogP contribution in [0.3, 0.4) is 0 Å². The quantitative estimate of drug-likeness (QED) is 0.477. The van der Waals surface area contributed by atoms with Gasteiger partial charge in [0.25, 0.3) is 5.91 Å². The highest BCUT2D eigenvalue weighted by Crippen LogP contribution is 2.29. The predicted molar refractivity (Wildman–Crippen MR) is 153 cm³/mol. The molecule has 11 heteroatoms. The van der Waals surface area contributed by atoms with Crippen molar-refractivity contribution in [2.24, 2.45) is 0 Å². The van der Waals surface area contributed by atoms with Crippen LogP contribution in [0.1, 0.15) is 41.9 Å². The van der Waals surface area contributed by atoms with Crippen LogP contribution < -0.4 is 15.5 Å². The van der Waals surface area contributed by atoms with Crippen LogP contribution in [0.25, 0.3) is 11.4 Å². The molecule has 1 aromatic heterocycles. The normalized spacial score (nSPS) is 17.8. The molecule has 2 N–H and O–H groups in total. The third-order valence-corrected chi connectivity index (χ3v) is 7.05. The molecule has 40 heavy (non-hydrogen) atoms. The van der Waals surface area contributed by atoms with Crippen LogP contribution in [0.5, 0.6) is 0 Å². The monoisotopic (exact) mass is 545 g/mol. The van der Waals surface area contributed by atoms with Crippen molar-refractivity contribution >= 4 is 29.3 Å². The number of anilines is 3. The van der Waals surface area contributed by atoms with Crippen molar-refractivity contribution in [1.82, 2.24) is 19.9 Å². The summed E-state index contributed by atoms with van der Waals surface area (Å²) in [5, 5.41) is 5.63. The zero-order valence-corrected chi connectivity index (χ0v) is 23.1. The van der Waals surface area contributed by atoms with E-state index in [-0.39, 0.29) is 23.9 Å². The SMILES string of the molecule is CC1COCCN1c1nc(-c2ccc(NC(=O)Nc3ccc(C(=O)N(C)C)cc3)cc2)nc(C2CCOCC2)n1. The molecule has 0 radical (unpaired) electrons. The minimum Gasteiger partial charge on any atom is -0.381 e. The van der Waals surface area contributed by atoms with Gasteiger partial charge in [-0.2, -0.15) is 9.97 Å². The fourth-order valence-electron chi connectivity index (χ4n) is 4.75. The molecular weight excluding hydrogens is 510 g/mol. The predicted octanol–water partition coefficient (Wildman–Crippen LogP) is 4.00. The number of amides is 3. The van der Waals surface area contributed by atoms with Gasteiger partial charge in [0.05, 0.1) is 19.3 Å². The molecule has 5 rings (SSSR count). The Labute approximate surface area is 233 Å². The van der Waals surface area contributed by atoms with E-state index in [0.29, 0.717) is 55.1 Å². The first kappa shape index (κ1) is 27.5. The lowest BCUT2D eigenvalue weighted by Crippen LogP contribution is -2.44. The van der Waals surface area contributed by atoms with E-state index >= 15 is 0 Å². The van der Waals surface area contributed by atoms with Crippen LogP contribution in [0.4, 0.5) is 22.1 Å². The Bertz CT molecular complexity index is 1330. The van der Waals surface area contributed by atoms with E-state index in [9.17, 15) is 9.59 Å². The van der Waals surface area contributed by atoms with Crippen LogP contribution in [0, 0.1) is 0 Å². The second kappa shape index (κ2) is 12.4. The lowest BCUT2D eigenvalue weighted by Gasteiger charge is -2.34. The second-order valence-electron chi connectivity index (χ2n) is 10.3. The number of benzene rings is 2. The van der Waals surface area contributed by atoms with E-state index in [1.54, 1.807) is 38.4 Å². The van der Waals surface area contributed by atoms with Gasteiger partial charge in [-0.05, 0) is 68.3 Å². The number of morpholine rings is 1. The third-order valence-electron chi connectivity index (χ3n) is 7.05. The molecule has 0 spiro atoms. The number of ether oxygens (including phenoxy) is 2. The lowest BCUT2D eigenvalue weighted by molar-refractivity contribution is 0.0826. The molecule has 3 heterocycles. The minimum atomic E-state index is -0.384. The molecular formula is C29H35N7O4. The van der Waals surface area contributed by atoms with Crippen LogP contribution in [-0.4, -0.2) is 84.9 Å². The van der Waals surface area contributed by atoms with Crippen molar-refractivity contribution in [2.45, 2.75) is 31.7 Å². The number of carbonyl (C=O) groups is 2. The summed E-state index contributed by atoms with van der Waals surface area (Å²) in [7, 11) is 3.39. The number of urea groups is 1. The van der Waals surface area contributed by atoms with Crippen molar-refractivity contribution in [3.63, 3.8) is 0 Å². The largest absolute Gasteiger partial charge is 0.381 e. The number of aromatic nitrogens is 3. The van der Waals surface area contributed by atoms with E-state index in [1.807, 2.05) is 24.3 Å². The van der Waals surface area contributed by atoms with Crippen molar-refractivity contribution in [3.8, 4) is 11.4 Å². The van der Waals surface area contributed by atoms with E-state index in [4.69, 9.17) is 24.4 Å². The highest BCUT2D eigenvalue weighted by atomic mass is 16.5. The Kier molecular flexibility index (Phi) is 8.51. The maximum absolute atomic E-state index is 12.6. The number of nitrogens with zero attached hydrogens (tertiary/aromatic N) is 5. The van der Waals surface area contributed by atoms with Crippen LogP contribution in [-0.2, 0) is 9.47 Å². The first-order chi connectivity index (χ1) is 19.4. The summed E-state index contributed by atoms with van der Waals surface area (Å²) in [5.74, 6) is 2.20. The number of nitrogens with one attached hydrogen (secondary N) is 2. The Balaban J connectivity index is 1.30. The first-order valence-electron chi connectivity index (χ1n) is 13.6. The molecule has 210 valence electrons. The van der Waals surface area contributed by atoms with Gasteiger partial charge in [-0.1, -0.05) is 0 Å². The molecule has 2 aromatic carbocycles. The number of carbonyl (C=O) groups excluding carboxylic acids is 2. The number of hydrogen-bond donors (Lipinski definition) is 2. The van der Waals surface area contributed by atoms with Gasteiger partial charge >= 0.3 is 6.03 Å². The molecule has 0 bridgehead atoms. The summed E-state index contributed by atoms with van der Waals surface area (Å²) in [4.78, 5) is 42.9. The van der Waals surface area contributed by atoms with Gasteiger partial charge in [-0.25, -0.2) is 9.78 Å². The maximum atomic E-state index is 12.6. The third kappa shape index (κ3) is 6.54. The summed E-state index contributed by atoms with van der Waals surface area (Å²) >= 11 is 0. The molecule has 2 saturated heterocycles. The van der Waals surface area contributed by atoms with Crippen LogP contribution in [0.2, 0.25) is 0 Å². The molecule has 3 amide bonds. The van der Waals surface area contributed by atoms with Crippen molar-refractivity contribution in [1.29, 1.82) is 0 Å². The summed E-state index contributed by atoms with van der Waals surface area (Å²) in [5.41, 5.74) is 2.60. The topological polar surface area (TPSA) is 122 Å². The summed E-state index contributed by atoms with van der Waals surface area (Å²) in [6.45, 7) is 5.52. The fourth-order valence-corrected chi connectivity index (χ4v) is 4.75. The molecule has 3 aromatic rings. The standard InChI is InChI=1S/C29H35N7O4/c1-19-18-40-17-14-36(19)28-33-25(32-26(34-28)21-12-15-39-16-13-21)20-4-8-23(9-5-20)30-29(38)31-24-10-6-22(7-11-24)27(37)35(2)3/h4-11,19,21H,12-18H2,1-3H3,(H2,30,31,38). The number of rotatable bonds is 6. The summed E-state index contributed by atoms with van der Waals surface area (Å²) in [6, 6.07) is 14.0. The van der Waals surface area contributed by atoms with Gasteiger partial charge in [0.1, 0.15) is 5.82 Å². The molecule has 2 aliphatic heterocycles. The highest BCUT2D eigenvalue weighted by molar-refractivity contribution is 6.00. The average Bonchev–Trinajstić information content (AvgIpc) is 2.98. The summed E-state index contributed by atoms with van der Waals surface area (Å²) < 4.78 is 11.2. The smallest absolute Gasteiger partial charge is 0.323 e. The van der Waals surface area contributed by atoms with Gasteiger partial charge < -0.3 is 29.9 Å². The Morgan fingerprint density at radius 3 is 2.15 bits per heavy atom. The van der Waals surface area contributed by atoms with Gasteiger partial charge in [-0.15, -0.1) is 0 Å². The highest BCUT2D eigenvalue weighted by Gasteiger charge is 2.26. The first-order valence-corrected chi connectivity index (χ1v) is 13.6. The van der Waals surface area contributed by atoms with E-state index in [0.717, 1.165) is 30.8 Å². The Morgan fingerprint density at radius 2 is 1.52 bits per heavy atom. The lowest BCUT2D eigenvalue weighted by atomic mass is 9.99. The fraction of sp³-hybridized carbons (Fsp3) is 0.414. The summed E-state index contributed by atoms with van der Waals surface area (Å²) in [6.07, 6.45) is 1.77. The van der Waals surface area contributed by atoms with Gasteiger partial charge in [0.2, 0.25) is 5.95 Å². The minimum absolute atomic E-state index is 0.0966.